The molecule has 0 unspecified atom stereocenters. The lowest BCUT2D eigenvalue weighted by molar-refractivity contribution is -0.103. The Labute approximate surface area is 158 Å². The molecule has 2 nitrogen and oxygen atoms in total. The molecular formula is C23H46N2. The first-order valence-electron chi connectivity index (χ1n) is 11.6. The van der Waals surface area contributed by atoms with Crippen LogP contribution in [0.4, 0.5) is 0 Å². The van der Waals surface area contributed by atoms with Crippen LogP contribution in [0.15, 0.2) is 0 Å². The minimum absolute atomic E-state index is 0.638. The molecule has 2 heteroatoms. The quantitative estimate of drug-likeness (QED) is 0.366. The Morgan fingerprint density at radius 1 is 0.760 bits per heavy atom. The van der Waals surface area contributed by atoms with Crippen LogP contribution in [0, 0.1) is 23.2 Å². The molecule has 0 aromatic rings. The molecule has 0 spiro atoms. The van der Waals surface area contributed by atoms with Crippen LogP contribution in [-0.4, -0.2) is 26.2 Å². The number of rotatable bonds is 15. The molecule has 3 atom stereocenters. The Hall–Kier alpha value is -0.0800. The summed E-state index contributed by atoms with van der Waals surface area (Å²) in [6, 6.07) is 0. The molecule has 2 N–H and O–H groups in total. The van der Waals surface area contributed by atoms with Gasteiger partial charge in [0.25, 0.3) is 0 Å². The highest BCUT2D eigenvalue weighted by Crippen LogP contribution is 2.61. The van der Waals surface area contributed by atoms with Crippen molar-refractivity contribution < 1.29 is 0 Å². The van der Waals surface area contributed by atoms with Gasteiger partial charge in [0.2, 0.25) is 0 Å². The number of fused-ring (bicyclic) bond motifs is 2. The van der Waals surface area contributed by atoms with E-state index in [9.17, 15) is 0 Å². The van der Waals surface area contributed by atoms with Crippen molar-refractivity contribution >= 4 is 0 Å². The Morgan fingerprint density at radius 2 is 1.40 bits per heavy atom. The summed E-state index contributed by atoms with van der Waals surface area (Å²) in [5, 5.41) is 7.34. The molecule has 2 bridgehead atoms. The summed E-state index contributed by atoms with van der Waals surface area (Å²) in [7, 11) is 0. The summed E-state index contributed by atoms with van der Waals surface area (Å²) < 4.78 is 0. The standard InChI is InChI=1S/C23H46N2/c1-4-5-6-7-8-9-10-11-12-15-24-16-17-25-19-20-13-14-21-18-22(20)23(21,2)3/h20-22,24-25H,4-19H2,1-3H3/t20-,21-,22-/m0/s1. The predicted molar refractivity (Wildman–Crippen MR) is 111 cm³/mol. The minimum atomic E-state index is 0.638. The van der Waals surface area contributed by atoms with Gasteiger partial charge in [0, 0.05) is 13.1 Å². The van der Waals surface area contributed by atoms with Crippen molar-refractivity contribution in [1.29, 1.82) is 0 Å². The highest BCUT2D eigenvalue weighted by molar-refractivity contribution is 5.03. The van der Waals surface area contributed by atoms with Gasteiger partial charge in [-0.3, -0.25) is 0 Å². The lowest BCUT2D eigenvalue weighted by Gasteiger charge is -2.60. The first-order chi connectivity index (χ1) is 12.2. The van der Waals surface area contributed by atoms with E-state index < -0.39 is 0 Å². The maximum Gasteiger partial charge on any atom is 0.00768 e. The Balaban J connectivity index is 1.32. The third-order valence-corrected chi connectivity index (χ3v) is 7.34. The van der Waals surface area contributed by atoms with Crippen LogP contribution < -0.4 is 10.6 Å². The first kappa shape index (κ1) is 21.2. The third kappa shape index (κ3) is 6.86. The van der Waals surface area contributed by atoms with Crippen molar-refractivity contribution in [2.45, 2.75) is 97.8 Å². The van der Waals surface area contributed by atoms with Crippen molar-refractivity contribution in [1.82, 2.24) is 10.6 Å². The van der Waals surface area contributed by atoms with Gasteiger partial charge in [0.05, 0.1) is 0 Å². The summed E-state index contributed by atoms with van der Waals surface area (Å²) in [5.74, 6) is 2.97. The van der Waals surface area contributed by atoms with Crippen LogP contribution >= 0.6 is 0 Å². The second-order valence-corrected chi connectivity index (χ2v) is 9.48. The van der Waals surface area contributed by atoms with Gasteiger partial charge >= 0.3 is 0 Å². The monoisotopic (exact) mass is 350 g/mol. The van der Waals surface area contributed by atoms with E-state index in [4.69, 9.17) is 0 Å². The molecule has 25 heavy (non-hydrogen) atoms. The lowest BCUT2D eigenvalue weighted by atomic mass is 9.45. The smallest absolute Gasteiger partial charge is 0.00768 e. The zero-order valence-corrected chi connectivity index (χ0v) is 17.5. The summed E-state index contributed by atoms with van der Waals surface area (Å²) in [6.07, 6.45) is 17.3. The van der Waals surface area contributed by atoms with Crippen LogP contribution in [0.25, 0.3) is 0 Å². The molecular weight excluding hydrogens is 304 g/mol. The molecule has 0 radical (unpaired) electrons. The summed E-state index contributed by atoms with van der Waals surface area (Å²) in [6.45, 7) is 12.0. The number of hydrogen-bond donors (Lipinski definition) is 2. The SMILES string of the molecule is CCCCCCCCCCCNCCNC[C@@H]1CC[C@H]2C[C@@H]1C2(C)C. The molecule has 3 saturated carbocycles. The largest absolute Gasteiger partial charge is 0.315 e. The number of hydrogen-bond acceptors (Lipinski definition) is 2. The van der Waals surface area contributed by atoms with Crippen LogP contribution in [-0.2, 0) is 0 Å². The molecule has 3 fully saturated rings. The first-order valence-corrected chi connectivity index (χ1v) is 11.6. The van der Waals surface area contributed by atoms with Gasteiger partial charge in [-0.05, 0) is 61.9 Å². The molecule has 0 aromatic heterocycles. The zero-order valence-electron chi connectivity index (χ0n) is 17.5. The fourth-order valence-corrected chi connectivity index (χ4v) is 5.36. The van der Waals surface area contributed by atoms with Gasteiger partial charge < -0.3 is 10.6 Å². The molecule has 3 aliphatic carbocycles. The van der Waals surface area contributed by atoms with Crippen molar-refractivity contribution in [3.05, 3.63) is 0 Å². The topological polar surface area (TPSA) is 24.1 Å². The molecule has 0 aliphatic heterocycles. The summed E-state index contributed by atoms with van der Waals surface area (Å²) >= 11 is 0. The molecule has 0 amide bonds. The van der Waals surface area contributed by atoms with E-state index in [0.717, 1.165) is 30.8 Å². The number of nitrogens with one attached hydrogen (secondary N) is 2. The van der Waals surface area contributed by atoms with Crippen molar-refractivity contribution in [2.75, 3.05) is 26.2 Å². The highest BCUT2D eigenvalue weighted by Gasteiger charge is 2.53. The van der Waals surface area contributed by atoms with Crippen LogP contribution in [0.2, 0.25) is 0 Å². The van der Waals surface area contributed by atoms with Gasteiger partial charge in [-0.2, -0.15) is 0 Å². The fraction of sp³-hybridized carbons (Fsp3) is 1.00. The van der Waals surface area contributed by atoms with Crippen LogP contribution in [0.1, 0.15) is 97.8 Å². The minimum Gasteiger partial charge on any atom is -0.315 e. The molecule has 3 aliphatic rings. The van der Waals surface area contributed by atoms with E-state index in [1.807, 2.05) is 0 Å². The molecule has 0 aromatic carbocycles. The Kier molecular flexibility index (Phi) is 9.84. The predicted octanol–water partition coefficient (Wildman–Crippen LogP) is 5.77. The average molecular weight is 351 g/mol. The van der Waals surface area contributed by atoms with E-state index in [1.54, 1.807) is 0 Å². The van der Waals surface area contributed by atoms with Gasteiger partial charge in [-0.1, -0.05) is 72.1 Å². The molecule has 0 heterocycles. The molecule has 3 rings (SSSR count). The van der Waals surface area contributed by atoms with Crippen LogP contribution in [0.5, 0.6) is 0 Å². The van der Waals surface area contributed by atoms with E-state index in [-0.39, 0.29) is 0 Å². The Bertz CT molecular complexity index is 337. The fourth-order valence-electron chi connectivity index (χ4n) is 5.36. The summed E-state index contributed by atoms with van der Waals surface area (Å²) in [4.78, 5) is 0. The second-order valence-electron chi connectivity index (χ2n) is 9.48. The van der Waals surface area contributed by atoms with Gasteiger partial charge in [-0.25, -0.2) is 0 Å². The van der Waals surface area contributed by atoms with E-state index in [0.29, 0.717) is 5.41 Å². The van der Waals surface area contributed by atoms with Crippen molar-refractivity contribution in [3.8, 4) is 0 Å². The van der Waals surface area contributed by atoms with Crippen LogP contribution in [0.3, 0.4) is 0 Å². The Morgan fingerprint density at radius 3 is 2.04 bits per heavy atom. The summed E-state index contributed by atoms with van der Waals surface area (Å²) in [5.41, 5.74) is 0.638. The van der Waals surface area contributed by atoms with E-state index in [2.05, 4.69) is 31.4 Å². The maximum absolute atomic E-state index is 3.72. The number of unbranched alkanes of at least 4 members (excludes halogenated alkanes) is 8. The normalized spacial score (nSPS) is 27.2. The van der Waals surface area contributed by atoms with Gasteiger partial charge in [-0.15, -0.1) is 0 Å². The van der Waals surface area contributed by atoms with E-state index >= 15 is 0 Å². The molecule has 148 valence electrons. The maximum atomic E-state index is 3.72. The van der Waals surface area contributed by atoms with Gasteiger partial charge in [0.1, 0.15) is 0 Å². The second kappa shape index (κ2) is 11.6. The molecule has 0 saturated heterocycles. The highest BCUT2D eigenvalue weighted by atomic mass is 14.9. The van der Waals surface area contributed by atoms with Crippen molar-refractivity contribution in [3.63, 3.8) is 0 Å². The average Bonchev–Trinajstić information content (AvgIpc) is 2.62. The van der Waals surface area contributed by atoms with Gasteiger partial charge in [0.15, 0.2) is 0 Å². The third-order valence-electron chi connectivity index (χ3n) is 7.34. The van der Waals surface area contributed by atoms with E-state index in [1.165, 1.54) is 90.1 Å². The van der Waals surface area contributed by atoms with Crippen molar-refractivity contribution in [2.24, 2.45) is 23.2 Å². The lowest BCUT2D eigenvalue weighted by Crippen LogP contribution is -2.54. The zero-order chi connectivity index (χ0) is 18.0.